The number of ether oxygens (including phenoxy) is 2. The van der Waals surface area contributed by atoms with E-state index in [4.69, 9.17) is 9.47 Å². The van der Waals surface area contributed by atoms with Crippen molar-refractivity contribution in [2.45, 2.75) is 44.8 Å². The third-order valence-corrected chi connectivity index (χ3v) is 9.23. The zero-order valence-corrected chi connectivity index (χ0v) is 22.4. The fraction of sp³-hybridized carbons (Fsp3) is 0.259. The number of nitrogens with zero attached hydrogens (tertiary/aromatic N) is 3. The third kappa shape index (κ3) is 4.92. The van der Waals surface area contributed by atoms with Gasteiger partial charge in [-0.1, -0.05) is 41.7 Å². The Bertz CT molecular complexity index is 1620. The standard InChI is InChI=1S/C27H27N3O5S2/c1-4-29-22-14-23-24(35-17-34-23)15-25(22)36-27(29)28-26(31)20-10-12-21(13-11-20)37(32,33)30(18(2)3)16-19-8-6-5-7-9-19/h5-15,18H,4,16-17H2,1-3H3. The van der Waals surface area contributed by atoms with E-state index in [0.29, 0.717) is 28.4 Å². The first-order valence-electron chi connectivity index (χ1n) is 12.0. The first kappa shape index (κ1) is 25.2. The summed E-state index contributed by atoms with van der Waals surface area (Å²) in [7, 11) is -3.77. The average molecular weight is 538 g/mol. The molecule has 0 aliphatic carbocycles. The normalized spacial score (nSPS) is 13.7. The van der Waals surface area contributed by atoms with Gasteiger partial charge in [-0.25, -0.2) is 8.42 Å². The van der Waals surface area contributed by atoms with E-state index in [1.807, 2.05) is 67.8 Å². The van der Waals surface area contributed by atoms with E-state index < -0.39 is 15.9 Å². The first-order chi connectivity index (χ1) is 17.8. The Labute approximate surface area is 219 Å². The van der Waals surface area contributed by atoms with Gasteiger partial charge in [0, 0.05) is 36.8 Å². The van der Waals surface area contributed by atoms with Gasteiger partial charge in [-0.15, -0.1) is 0 Å². The molecule has 192 valence electrons. The molecule has 0 fully saturated rings. The lowest BCUT2D eigenvalue weighted by atomic mass is 10.2. The van der Waals surface area contributed by atoms with Crippen LogP contribution in [0.5, 0.6) is 11.5 Å². The van der Waals surface area contributed by atoms with Gasteiger partial charge in [0.25, 0.3) is 5.91 Å². The van der Waals surface area contributed by atoms with Crippen molar-refractivity contribution in [3.63, 3.8) is 0 Å². The lowest BCUT2D eigenvalue weighted by Gasteiger charge is -2.26. The van der Waals surface area contributed by atoms with Crippen molar-refractivity contribution in [1.82, 2.24) is 8.87 Å². The molecule has 0 radical (unpaired) electrons. The Morgan fingerprint density at radius 2 is 1.73 bits per heavy atom. The van der Waals surface area contributed by atoms with Gasteiger partial charge in [0.2, 0.25) is 16.8 Å². The Morgan fingerprint density at radius 1 is 1.05 bits per heavy atom. The fourth-order valence-corrected chi connectivity index (χ4v) is 6.94. The Morgan fingerprint density at radius 3 is 2.38 bits per heavy atom. The molecule has 37 heavy (non-hydrogen) atoms. The molecule has 2 heterocycles. The van der Waals surface area contributed by atoms with Crippen LogP contribution in [0.15, 0.2) is 76.6 Å². The van der Waals surface area contributed by atoms with Crippen molar-refractivity contribution in [2.75, 3.05) is 6.79 Å². The van der Waals surface area contributed by atoms with Crippen LogP contribution in [-0.4, -0.2) is 36.0 Å². The van der Waals surface area contributed by atoms with Gasteiger partial charge in [0.05, 0.1) is 15.1 Å². The van der Waals surface area contributed by atoms with Crippen LogP contribution in [0.25, 0.3) is 10.2 Å². The summed E-state index contributed by atoms with van der Waals surface area (Å²) in [6, 6.07) is 19.0. The van der Waals surface area contributed by atoms with Crippen LogP contribution in [0, 0.1) is 0 Å². The van der Waals surface area contributed by atoms with Gasteiger partial charge in [0.1, 0.15) is 0 Å². The van der Waals surface area contributed by atoms with Gasteiger partial charge in [-0.05, 0) is 50.6 Å². The molecule has 0 unspecified atom stereocenters. The number of amides is 1. The summed E-state index contributed by atoms with van der Waals surface area (Å²) in [5.41, 5.74) is 2.13. The molecule has 5 rings (SSSR count). The molecule has 1 aromatic heterocycles. The molecule has 0 N–H and O–H groups in total. The van der Waals surface area contributed by atoms with Crippen molar-refractivity contribution in [2.24, 2.45) is 4.99 Å². The molecule has 0 saturated heterocycles. The number of aryl methyl sites for hydroxylation is 1. The number of carbonyl (C=O) groups is 1. The minimum absolute atomic E-state index is 0.133. The van der Waals surface area contributed by atoms with Gasteiger partial charge >= 0.3 is 0 Å². The summed E-state index contributed by atoms with van der Waals surface area (Å²) < 4.78 is 42.1. The lowest BCUT2D eigenvalue weighted by molar-refractivity contribution is 0.0997. The highest BCUT2D eigenvalue weighted by atomic mass is 32.2. The Hall–Kier alpha value is -3.47. The van der Waals surface area contributed by atoms with Crippen LogP contribution < -0.4 is 14.3 Å². The SMILES string of the molecule is CCn1c(=NC(=O)c2ccc(S(=O)(=O)N(Cc3ccccc3)C(C)C)cc2)sc2cc3c(cc21)OCO3. The first-order valence-corrected chi connectivity index (χ1v) is 14.2. The molecular weight excluding hydrogens is 510 g/mol. The zero-order valence-electron chi connectivity index (χ0n) is 20.7. The number of thiazole rings is 1. The van der Waals surface area contributed by atoms with E-state index in [1.54, 1.807) is 0 Å². The van der Waals surface area contributed by atoms with E-state index in [2.05, 4.69) is 4.99 Å². The summed E-state index contributed by atoms with van der Waals surface area (Å²) in [5, 5.41) is 0. The lowest BCUT2D eigenvalue weighted by Crippen LogP contribution is -2.36. The molecule has 10 heteroatoms. The van der Waals surface area contributed by atoms with Crippen LogP contribution in [0.2, 0.25) is 0 Å². The number of aromatic nitrogens is 1. The second kappa shape index (κ2) is 10.1. The predicted octanol–water partition coefficient (Wildman–Crippen LogP) is 4.79. The fourth-order valence-electron chi connectivity index (χ4n) is 4.22. The van der Waals surface area contributed by atoms with Crippen molar-refractivity contribution >= 4 is 37.5 Å². The van der Waals surface area contributed by atoms with Gasteiger partial charge < -0.3 is 14.0 Å². The number of hydrogen-bond donors (Lipinski definition) is 0. The summed E-state index contributed by atoms with van der Waals surface area (Å²) in [4.78, 5) is 18.1. The minimum atomic E-state index is -3.77. The molecule has 0 atom stereocenters. The maximum atomic E-state index is 13.4. The smallest absolute Gasteiger partial charge is 0.279 e. The number of benzene rings is 3. The average Bonchev–Trinajstić information content (AvgIpc) is 3.49. The van der Waals surface area contributed by atoms with E-state index in [0.717, 1.165) is 15.8 Å². The summed E-state index contributed by atoms with van der Waals surface area (Å²) in [6.07, 6.45) is 0. The van der Waals surface area contributed by atoms with Crippen LogP contribution in [0.4, 0.5) is 0 Å². The summed E-state index contributed by atoms with van der Waals surface area (Å²) >= 11 is 1.39. The van der Waals surface area contributed by atoms with Crippen molar-refractivity contribution in [3.05, 3.63) is 82.7 Å². The van der Waals surface area contributed by atoms with Crippen LogP contribution in [0.1, 0.15) is 36.7 Å². The molecule has 1 amide bonds. The van der Waals surface area contributed by atoms with E-state index in [-0.39, 0.29) is 24.3 Å². The molecule has 3 aromatic carbocycles. The van der Waals surface area contributed by atoms with Crippen molar-refractivity contribution in [3.8, 4) is 11.5 Å². The highest BCUT2D eigenvalue weighted by Crippen LogP contribution is 2.37. The van der Waals surface area contributed by atoms with Crippen molar-refractivity contribution < 1.29 is 22.7 Å². The number of rotatable bonds is 7. The number of fused-ring (bicyclic) bond motifs is 2. The van der Waals surface area contributed by atoms with E-state index >= 15 is 0 Å². The topological polar surface area (TPSA) is 90.2 Å². The molecule has 0 spiro atoms. The molecule has 4 aromatic rings. The largest absolute Gasteiger partial charge is 0.454 e. The highest BCUT2D eigenvalue weighted by Gasteiger charge is 2.27. The van der Waals surface area contributed by atoms with E-state index in [1.165, 1.54) is 39.9 Å². The summed E-state index contributed by atoms with van der Waals surface area (Å²) in [6.45, 7) is 6.75. The van der Waals surface area contributed by atoms with Gasteiger partial charge in [-0.2, -0.15) is 9.30 Å². The van der Waals surface area contributed by atoms with Gasteiger partial charge in [-0.3, -0.25) is 4.79 Å². The monoisotopic (exact) mass is 537 g/mol. The van der Waals surface area contributed by atoms with Crippen LogP contribution >= 0.6 is 11.3 Å². The second-order valence-electron chi connectivity index (χ2n) is 8.87. The second-order valence-corrected chi connectivity index (χ2v) is 11.8. The quantitative estimate of drug-likeness (QED) is 0.338. The maximum Gasteiger partial charge on any atom is 0.279 e. The zero-order chi connectivity index (χ0) is 26.2. The van der Waals surface area contributed by atoms with Crippen LogP contribution in [-0.2, 0) is 23.1 Å². The number of sulfonamides is 1. The predicted molar refractivity (Wildman–Crippen MR) is 142 cm³/mol. The molecule has 0 saturated carbocycles. The number of carbonyl (C=O) groups excluding carboxylic acids is 1. The molecular formula is C27H27N3O5S2. The molecule has 8 nitrogen and oxygen atoms in total. The Balaban J connectivity index is 1.43. The molecule has 1 aliphatic rings. The van der Waals surface area contributed by atoms with Gasteiger partial charge in [0.15, 0.2) is 16.3 Å². The molecule has 0 bridgehead atoms. The highest BCUT2D eigenvalue weighted by molar-refractivity contribution is 7.89. The Kier molecular flexibility index (Phi) is 6.89. The number of hydrogen-bond acceptors (Lipinski definition) is 6. The van der Waals surface area contributed by atoms with Crippen LogP contribution in [0.3, 0.4) is 0 Å². The minimum Gasteiger partial charge on any atom is -0.454 e. The summed E-state index contributed by atoms with van der Waals surface area (Å²) in [5.74, 6) is 0.905. The maximum absolute atomic E-state index is 13.4. The van der Waals surface area contributed by atoms with E-state index in [9.17, 15) is 13.2 Å². The van der Waals surface area contributed by atoms with Crippen molar-refractivity contribution in [1.29, 1.82) is 0 Å². The third-order valence-electron chi connectivity index (χ3n) is 6.16. The molecule has 1 aliphatic heterocycles.